The van der Waals surface area contributed by atoms with Gasteiger partial charge in [0.1, 0.15) is 0 Å². The van der Waals surface area contributed by atoms with Crippen molar-refractivity contribution in [1.82, 2.24) is 15.4 Å². The van der Waals surface area contributed by atoms with E-state index in [1.165, 1.54) is 7.11 Å². The van der Waals surface area contributed by atoms with Crippen LogP contribution in [0.1, 0.15) is 37.0 Å². The van der Waals surface area contributed by atoms with Gasteiger partial charge in [-0.05, 0) is 11.8 Å². The second-order valence-corrected chi connectivity index (χ2v) is 4.35. The lowest BCUT2D eigenvalue weighted by atomic mass is 9.90. The van der Waals surface area contributed by atoms with E-state index in [0.29, 0.717) is 12.1 Å². The van der Waals surface area contributed by atoms with E-state index < -0.39 is 5.97 Å². The summed E-state index contributed by atoms with van der Waals surface area (Å²) in [4.78, 5) is 11.2. The van der Waals surface area contributed by atoms with Crippen LogP contribution in [-0.4, -0.2) is 28.5 Å². The maximum Gasteiger partial charge on any atom is 0.360 e. The standard InChI is InChI=1S/C9H15N3O2/c1-9(2,3)5-6-7(8(13)14-4)11-12-10-6/h5H2,1-4H3,(H,10,11,12). The van der Waals surface area contributed by atoms with Crippen LogP contribution < -0.4 is 0 Å². The Morgan fingerprint density at radius 1 is 1.43 bits per heavy atom. The van der Waals surface area contributed by atoms with Gasteiger partial charge in [0.05, 0.1) is 12.8 Å². The molecule has 14 heavy (non-hydrogen) atoms. The molecule has 1 heterocycles. The van der Waals surface area contributed by atoms with Gasteiger partial charge in [-0.25, -0.2) is 4.79 Å². The summed E-state index contributed by atoms with van der Waals surface area (Å²) in [7, 11) is 1.33. The monoisotopic (exact) mass is 197 g/mol. The van der Waals surface area contributed by atoms with Crippen molar-refractivity contribution in [2.24, 2.45) is 5.41 Å². The van der Waals surface area contributed by atoms with Crippen molar-refractivity contribution >= 4 is 5.97 Å². The Kier molecular flexibility index (Phi) is 2.88. The van der Waals surface area contributed by atoms with Crippen LogP contribution in [0.5, 0.6) is 0 Å². The van der Waals surface area contributed by atoms with Crippen LogP contribution in [0.25, 0.3) is 0 Å². The van der Waals surface area contributed by atoms with Crippen molar-refractivity contribution in [3.8, 4) is 0 Å². The molecule has 0 amide bonds. The number of H-pyrrole nitrogens is 1. The molecule has 0 saturated carbocycles. The minimum Gasteiger partial charge on any atom is -0.464 e. The lowest BCUT2D eigenvalue weighted by Gasteiger charge is -2.15. The van der Waals surface area contributed by atoms with Gasteiger partial charge in [0.15, 0.2) is 5.69 Å². The first kappa shape index (κ1) is 10.7. The molecule has 0 atom stereocenters. The second kappa shape index (κ2) is 3.77. The number of ether oxygens (including phenoxy) is 1. The summed E-state index contributed by atoms with van der Waals surface area (Å²) in [5, 5.41) is 10.1. The number of esters is 1. The Hall–Kier alpha value is -1.39. The third kappa shape index (κ3) is 2.55. The SMILES string of the molecule is COC(=O)c1n[nH]nc1CC(C)(C)C. The predicted octanol–water partition coefficient (Wildman–Crippen LogP) is 1.18. The molecule has 1 N–H and O–H groups in total. The zero-order chi connectivity index (χ0) is 10.8. The van der Waals surface area contributed by atoms with E-state index in [4.69, 9.17) is 0 Å². The number of nitrogens with one attached hydrogen (secondary N) is 1. The third-order valence-corrected chi connectivity index (χ3v) is 1.70. The molecule has 78 valence electrons. The van der Waals surface area contributed by atoms with Gasteiger partial charge in [-0.3, -0.25) is 0 Å². The summed E-state index contributed by atoms with van der Waals surface area (Å²) >= 11 is 0. The van der Waals surface area contributed by atoms with E-state index in [1.54, 1.807) is 0 Å². The number of nitrogens with zero attached hydrogens (tertiary/aromatic N) is 2. The average Bonchev–Trinajstić information content (AvgIpc) is 2.48. The number of aromatic nitrogens is 3. The normalized spacial score (nSPS) is 11.4. The highest BCUT2D eigenvalue weighted by Crippen LogP contribution is 2.20. The maximum atomic E-state index is 11.2. The Labute approximate surface area is 82.8 Å². The highest BCUT2D eigenvalue weighted by molar-refractivity contribution is 5.88. The molecule has 0 bridgehead atoms. The van der Waals surface area contributed by atoms with E-state index in [-0.39, 0.29) is 11.1 Å². The van der Waals surface area contributed by atoms with Crippen molar-refractivity contribution in [3.05, 3.63) is 11.4 Å². The van der Waals surface area contributed by atoms with E-state index in [1.807, 2.05) is 0 Å². The quantitative estimate of drug-likeness (QED) is 0.723. The molecule has 5 nitrogen and oxygen atoms in total. The lowest BCUT2D eigenvalue weighted by molar-refractivity contribution is 0.0592. The third-order valence-electron chi connectivity index (χ3n) is 1.70. The number of aromatic amines is 1. The number of carbonyl (C=O) groups excluding carboxylic acids is 1. The molecule has 0 saturated heterocycles. The van der Waals surface area contributed by atoms with Crippen LogP contribution in [0.4, 0.5) is 0 Å². The minimum atomic E-state index is -0.446. The molecule has 1 rings (SSSR count). The molecule has 5 heteroatoms. The van der Waals surface area contributed by atoms with Crippen molar-refractivity contribution in [1.29, 1.82) is 0 Å². The fourth-order valence-corrected chi connectivity index (χ4v) is 1.14. The number of carbonyl (C=O) groups is 1. The van der Waals surface area contributed by atoms with E-state index in [0.717, 1.165) is 0 Å². The van der Waals surface area contributed by atoms with E-state index >= 15 is 0 Å². The van der Waals surface area contributed by atoms with E-state index in [2.05, 4.69) is 40.9 Å². The largest absolute Gasteiger partial charge is 0.464 e. The number of hydrogen-bond acceptors (Lipinski definition) is 4. The Balaban J connectivity index is 2.88. The molecule has 0 radical (unpaired) electrons. The van der Waals surface area contributed by atoms with Gasteiger partial charge in [-0.1, -0.05) is 20.8 Å². The second-order valence-electron chi connectivity index (χ2n) is 4.35. The van der Waals surface area contributed by atoms with Crippen LogP contribution in [-0.2, 0) is 11.2 Å². The average molecular weight is 197 g/mol. The molecule has 1 aromatic heterocycles. The van der Waals surface area contributed by atoms with Gasteiger partial charge in [0, 0.05) is 0 Å². The summed E-state index contributed by atoms with van der Waals surface area (Å²) in [5.74, 6) is -0.446. The first-order valence-electron chi connectivity index (χ1n) is 4.42. The zero-order valence-corrected chi connectivity index (χ0v) is 8.92. The van der Waals surface area contributed by atoms with Crippen LogP contribution in [0.15, 0.2) is 0 Å². The van der Waals surface area contributed by atoms with Crippen molar-refractivity contribution in [2.45, 2.75) is 27.2 Å². The first-order valence-corrected chi connectivity index (χ1v) is 4.42. The molecular weight excluding hydrogens is 182 g/mol. The minimum absolute atomic E-state index is 0.0691. The molecule has 0 unspecified atom stereocenters. The summed E-state index contributed by atoms with van der Waals surface area (Å²) in [6.07, 6.45) is 0.688. The molecule has 0 fully saturated rings. The lowest BCUT2D eigenvalue weighted by Crippen LogP contribution is -2.13. The molecule has 1 aromatic rings. The van der Waals surface area contributed by atoms with Crippen molar-refractivity contribution in [3.63, 3.8) is 0 Å². The van der Waals surface area contributed by atoms with Gasteiger partial charge in [-0.15, -0.1) is 5.10 Å². The van der Waals surface area contributed by atoms with Gasteiger partial charge in [0.2, 0.25) is 0 Å². The summed E-state index contributed by atoms with van der Waals surface area (Å²) in [6.45, 7) is 6.22. The molecule has 0 aromatic carbocycles. The topological polar surface area (TPSA) is 67.9 Å². The number of methoxy groups -OCH3 is 1. The Morgan fingerprint density at radius 3 is 2.57 bits per heavy atom. The van der Waals surface area contributed by atoms with Crippen LogP contribution in [0.2, 0.25) is 0 Å². The fourth-order valence-electron chi connectivity index (χ4n) is 1.14. The Bertz CT molecular complexity index is 325. The highest BCUT2D eigenvalue weighted by Gasteiger charge is 2.21. The smallest absolute Gasteiger partial charge is 0.360 e. The van der Waals surface area contributed by atoms with Gasteiger partial charge < -0.3 is 4.74 Å². The van der Waals surface area contributed by atoms with Crippen molar-refractivity contribution < 1.29 is 9.53 Å². The predicted molar refractivity (Wildman–Crippen MR) is 50.9 cm³/mol. The zero-order valence-electron chi connectivity index (χ0n) is 8.92. The van der Waals surface area contributed by atoms with Gasteiger partial charge in [0.25, 0.3) is 0 Å². The molecule has 0 aliphatic carbocycles. The number of hydrogen-bond donors (Lipinski definition) is 1. The van der Waals surface area contributed by atoms with E-state index in [9.17, 15) is 4.79 Å². The van der Waals surface area contributed by atoms with Crippen LogP contribution >= 0.6 is 0 Å². The van der Waals surface area contributed by atoms with Gasteiger partial charge in [-0.2, -0.15) is 10.3 Å². The molecule has 0 spiro atoms. The molecular formula is C9H15N3O2. The molecule has 0 aliphatic heterocycles. The van der Waals surface area contributed by atoms with Crippen LogP contribution in [0, 0.1) is 5.41 Å². The number of rotatable bonds is 2. The van der Waals surface area contributed by atoms with Crippen molar-refractivity contribution in [2.75, 3.05) is 7.11 Å². The summed E-state index contributed by atoms with van der Waals surface area (Å²) in [6, 6.07) is 0. The maximum absolute atomic E-state index is 11.2. The first-order chi connectivity index (χ1) is 6.44. The van der Waals surface area contributed by atoms with Gasteiger partial charge >= 0.3 is 5.97 Å². The Morgan fingerprint density at radius 2 is 2.07 bits per heavy atom. The summed E-state index contributed by atoms with van der Waals surface area (Å²) in [5.41, 5.74) is 1.01. The summed E-state index contributed by atoms with van der Waals surface area (Å²) < 4.78 is 4.59. The fraction of sp³-hybridized carbons (Fsp3) is 0.667. The molecule has 0 aliphatic rings. The highest BCUT2D eigenvalue weighted by atomic mass is 16.5. The van der Waals surface area contributed by atoms with Crippen LogP contribution in [0.3, 0.4) is 0 Å².